The van der Waals surface area contributed by atoms with Crippen molar-refractivity contribution in [2.75, 3.05) is 38.6 Å². The third kappa shape index (κ3) is 5.23. The lowest BCUT2D eigenvalue weighted by Crippen LogP contribution is -2.49. The van der Waals surface area contributed by atoms with Crippen LogP contribution in [0.15, 0.2) is 42.5 Å². The molecule has 1 heterocycles. The van der Waals surface area contributed by atoms with Gasteiger partial charge in [-0.3, -0.25) is 4.90 Å². The number of urea groups is 1. The van der Waals surface area contributed by atoms with Crippen LogP contribution in [0.1, 0.15) is 24.5 Å². The van der Waals surface area contributed by atoms with Gasteiger partial charge in [0.05, 0.1) is 7.11 Å². The summed E-state index contributed by atoms with van der Waals surface area (Å²) in [6, 6.07) is 13.0. The fourth-order valence-corrected chi connectivity index (χ4v) is 3.42. The molecule has 0 saturated carbocycles. The van der Waals surface area contributed by atoms with Crippen molar-refractivity contribution in [1.29, 1.82) is 0 Å². The second kappa shape index (κ2) is 9.55. The molecule has 1 N–H and O–H groups in total. The van der Waals surface area contributed by atoms with E-state index in [9.17, 15) is 9.18 Å². The van der Waals surface area contributed by atoms with Gasteiger partial charge in [0.2, 0.25) is 0 Å². The molecule has 0 spiro atoms. The lowest BCUT2D eigenvalue weighted by molar-refractivity contribution is 0.143. The summed E-state index contributed by atoms with van der Waals surface area (Å²) in [5.74, 6) is -0.0871. The maximum Gasteiger partial charge on any atom is 0.321 e. The zero-order chi connectivity index (χ0) is 19.9. The predicted molar refractivity (Wildman–Crippen MR) is 109 cm³/mol. The maximum atomic E-state index is 13.8. The summed E-state index contributed by atoms with van der Waals surface area (Å²) in [6.45, 7) is 5.64. The topological polar surface area (TPSA) is 44.8 Å². The van der Waals surface area contributed by atoms with Crippen molar-refractivity contribution in [3.8, 4) is 5.75 Å². The van der Waals surface area contributed by atoms with Gasteiger partial charge in [-0.15, -0.1) is 0 Å². The molecule has 0 aliphatic carbocycles. The molecule has 1 fully saturated rings. The summed E-state index contributed by atoms with van der Waals surface area (Å²) in [5.41, 5.74) is 3.01. The van der Waals surface area contributed by atoms with Gasteiger partial charge >= 0.3 is 6.03 Å². The summed E-state index contributed by atoms with van der Waals surface area (Å²) in [7, 11) is 1.46. The van der Waals surface area contributed by atoms with Crippen LogP contribution >= 0.6 is 0 Å². The Hall–Kier alpha value is -2.60. The number of hydrogen-bond donors (Lipinski definition) is 1. The normalized spacial score (nSPS) is 14.8. The number of anilines is 1. The Morgan fingerprint density at radius 2 is 1.75 bits per heavy atom. The highest BCUT2D eigenvalue weighted by Gasteiger charge is 2.21. The van der Waals surface area contributed by atoms with E-state index in [2.05, 4.69) is 29.3 Å². The first-order valence-corrected chi connectivity index (χ1v) is 9.78. The number of nitrogens with zero attached hydrogens (tertiary/aromatic N) is 2. The fourth-order valence-electron chi connectivity index (χ4n) is 3.42. The van der Waals surface area contributed by atoms with Gasteiger partial charge in [-0.2, -0.15) is 0 Å². The average molecular weight is 385 g/mol. The molecule has 6 heteroatoms. The summed E-state index contributed by atoms with van der Waals surface area (Å²) in [5, 5.41) is 2.97. The fraction of sp³-hybridized carbons (Fsp3) is 0.409. The second-order valence-corrected chi connectivity index (χ2v) is 7.11. The number of halogens is 1. The molecule has 1 aliphatic rings. The molecule has 0 unspecified atom stereocenters. The van der Waals surface area contributed by atoms with E-state index >= 15 is 0 Å². The zero-order valence-electron chi connectivity index (χ0n) is 16.6. The van der Waals surface area contributed by atoms with Gasteiger partial charge in [0.15, 0.2) is 11.6 Å². The van der Waals surface area contributed by atoms with Crippen molar-refractivity contribution in [3.63, 3.8) is 0 Å². The van der Waals surface area contributed by atoms with Crippen molar-refractivity contribution in [2.45, 2.75) is 26.3 Å². The first-order chi connectivity index (χ1) is 13.6. The van der Waals surface area contributed by atoms with Gasteiger partial charge in [-0.05, 0) is 41.8 Å². The summed E-state index contributed by atoms with van der Waals surface area (Å²) in [6.07, 6.45) is 2.16. The third-order valence-electron chi connectivity index (χ3n) is 5.03. The van der Waals surface area contributed by atoms with Crippen molar-refractivity contribution < 1.29 is 13.9 Å². The highest BCUT2D eigenvalue weighted by molar-refractivity contribution is 5.89. The number of piperazine rings is 1. The lowest BCUT2D eigenvalue weighted by Gasteiger charge is -2.34. The Bertz CT molecular complexity index is 787. The molecule has 150 valence electrons. The number of benzene rings is 2. The Morgan fingerprint density at radius 3 is 2.36 bits per heavy atom. The van der Waals surface area contributed by atoms with Crippen molar-refractivity contribution in [1.82, 2.24) is 9.80 Å². The molecular formula is C22H28FN3O2. The monoisotopic (exact) mass is 385 g/mol. The maximum absolute atomic E-state index is 13.8. The van der Waals surface area contributed by atoms with E-state index in [4.69, 9.17) is 4.74 Å². The molecule has 2 amide bonds. The summed E-state index contributed by atoms with van der Waals surface area (Å²) < 4.78 is 18.8. The lowest BCUT2D eigenvalue weighted by atomic mass is 10.1. The Balaban J connectivity index is 1.47. The minimum absolute atomic E-state index is 0.0709. The average Bonchev–Trinajstić information content (AvgIpc) is 2.70. The third-order valence-corrected chi connectivity index (χ3v) is 5.03. The van der Waals surface area contributed by atoms with Crippen LogP contribution in [0.5, 0.6) is 5.75 Å². The van der Waals surface area contributed by atoms with Crippen molar-refractivity contribution in [2.24, 2.45) is 0 Å². The van der Waals surface area contributed by atoms with E-state index in [0.29, 0.717) is 19.6 Å². The minimum atomic E-state index is -0.344. The van der Waals surface area contributed by atoms with Crippen LogP contribution in [0.3, 0.4) is 0 Å². The Labute approximate surface area is 166 Å². The molecule has 0 atom stereocenters. The van der Waals surface area contributed by atoms with Crippen molar-refractivity contribution in [3.05, 3.63) is 59.4 Å². The first-order valence-electron chi connectivity index (χ1n) is 9.78. The molecular weight excluding hydrogens is 357 g/mol. The molecule has 0 bridgehead atoms. The van der Waals surface area contributed by atoms with Gasteiger partial charge in [0.25, 0.3) is 0 Å². The highest BCUT2D eigenvalue weighted by Crippen LogP contribution is 2.19. The van der Waals surface area contributed by atoms with Gasteiger partial charge in [0, 0.05) is 38.4 Å². The second-order valence-electron chi connectivity index (χ2n) is 7.11. The van der Waals surface area contributed by atoms with Gasteiger partial charge in [-0.25, -0.2) is 9.18 Å². The molecule has 5 nitrogen and oxygen atoms in total. The number of nitrogens with one attached hydrogen (secondary N) is 1. The van der Waals surface area contributed by atoms with Crippen LogP contribution in [0.25, 0.3) is 0 Å². The molecule has 1 saturated heterocycles. The van der Waals surface area contributed by atoms with E-state index in [0.717, 1.165) is 37.2 Å². The van der Waals surface area contributed by atoms with Crippen LogP contribution in [0, 0.1) is 5.82 Å². The summed E-state index contributed by atoms with van der Waals surface area (Å²) in [4.78, 5) is 16.5. The molecule has 2 aromatic carbocycles. The minimum Gasteiger partial charge on any atom is -0.494 e. The van der Waals surface area contributed by atoms with Gasteiger partial charge in [0.1, 0.15) is 0 Å². The number of carbonyl (C=O) groups excluding carboxylic acids is 1. The standard InChI is InChI=1S/C22H28FN3O2/c1-3-4-17-5-8-19(9-6-17)24-22(27)26-13-11-25(12-14-26)16-18-7-10-21(28-2)20(23)15-18/h5-10,15H,3-4,11-14,16H2,1-2H3,(H,24,27). The van der Waals surface area contributed by atoms with Crippen LogP contribution in [0.2, 0.25) is 0 Å². The van der Waals surface area contributed by atoms with E-state index in [1.54, 1.807) is 6.07 Å². The summed E-state index contributed by atoms with van der Waals surface area (Å²) >= 11 is 0. The molecule has 28 heavy (non-hydrogen) atoms. The largest absolute Gasteiger partial charge is 0.494 e. The van der Waals surface area contributed by atoms with E-state index in [1.165, 1.54) is 18.7 Å². The van der Waals surface area contributed by atoms with E-state index in [-0.39, 0.29) is 17.6 Å². The van der Waals surface area contributed by atoms with E-state index in [1.807, 2.05) is 23.1 Å². The number of amides is 2. The van der Waals surface area contributed by atoms with E-state index < -0.39 is 0 Å². The van der Waals surface area contributed by atoms with Crippen LogP contribution in [-0.2, 0) is 13.0 Å². The molecule has 0 radical (unpaired) electrons. The Morgan fingerprint density at radius 1 is 1.07 bits per heavy atom. The predicted octanol–water partition coefficient (Wildman–Crippen LogP) is 4.14. The van der Waals surface area contributed by atoms with Crippen LogP contribution < -0.4 is 10.1 Å². The number of carbonyl (C=O) groups is 1. The van der Waals surface area contributed by atoms with Crippen LogP contribution in [0.4, 0.5) is 14.9 Å². The molecule has 0 aromatic heterocycles. The molecule has 1 aliphatic heterocycles. The van der Waals surface area contributed by atoms with Gasteiger partial charge < -0.3 is 15.0 Å². The first kappa shape index (κ1) is 20.1. The number of rotatable bonds is 6. The smallest absolute Gasteiger partial charge is 0.321 e. The highest BCUT2D eigenvalue weighted by atomic mass is 19.1. The van der Waals surface area contributed by atoms with Crippen molar-refractivity contribution >= 4 is 11.7 Å². The van der Waals surface area contributed by atoms with Gasteiger partial charge in [-0.1, -0.05) is 31.5 Å². The molecule has 3 rings (SSSR count). The number of methoxy groups -OCH3 is 1. The molecule has 2 aromatic rings. The zero-order valence-corrected chi connectivity index (χ0v) is 16.6. The number of ether oxygens (including phenoxy) is 1. The quantitative estimate of drug-likeness (QED) is 0.813. The van der Waals surface area contributed by atoms with Crippen LogP contribution in [-0.4, -0.2) is 49.1 Å². The SMILES string of the molecule is CCCc1ccc(NC(=O)N2CCN(Cc3ccc(OC)c(F)c3)CC2)cc1. The Kier molecular flexibility index (Phi) is 6.87. The number of hydrogen-bond acceptors (Lipinski definition) is 3. The number of aryl methyl sites for hydroxylation is 1.